The number of ether oxygens (including phenoxy) is 1. The molecule has 0 aliphatic heterocycles. The Bertz CT molecular complexity index is 656. The summed E-state index contributed by atoms with van der Waals surface area (Å²) >= 11 is 0. The first-order chi connectivity index (χ1) is 9.00. The maximum atomic E-state index is 10.9. The highest BCUT2D eigenvalue weighted by molar-refractivity contribution is 5.92. The van der Waals surface area contributed by atoms with Crippen molar-refractivity contribution in [2.45, 2.75) is 13.0 Å². The fraction of sp³-hybridized carbons (Fsp3) is 0.167. The summed E-state index contributed by atoms with van der Waals surface area (Å²) in [6, 6.07) is 5.82. The Labute approximate surface area is 107 Å². The maximum Gasteiger partial charge on any atom is 0.344 e. The van der Waals surface area contributed by atoms with Crippen LogP contribution in [-0.2, 0) is 4.79 Å². The molecule has 0 saturated carbocycles. The molecule has 7 heteroatoms. The number of carboxylic acids is 1. The first-order valence-corrected chi connectivity index (χ1v) is 5.42. The number of aromatic nitrogens is 1. The lowest BCUT2D eigenvalue weighted by molar-refractivity contribution is -0.383. The zero-order valence-corrected chi connectivity index (χ0v) is 9.94. The van der Waals surface area contributed by atoms with Crippen molar-refractivity contribution < 1.29 is 19.6 Å². The van der Waals surface area contributed by atoms with E-state index in [4.69, 9.17) is 9.84 Å². The smallest absolute Gasteiger partial charge is 0.344 e. The van der Waals surface area contributed by atoms with Gasteiger partial charge in [0.2, 0.25) is 0 Å². The lowest BCUT2D eigenvalue weighted by Gasteiger charge is -2.12. The van der Waals surface area contributed by atoms with Gasteiger partial charge in [-0.05, 0) is 25.1 Å². The van der Waals surface area contributed by atoms with E-state index in [1.807, 2.05) is 0 Å². The van der Waals surface area contributed by atoms with Crippen molar-refractivity contribution in [3.05, 3.63) is 40.6 Å². The zero-order chi connectivity index (χ0) is 14.0. The van der Waals surface area contributed by atoms with Gasteiger partial charge in [-0.3, -0.25) is 10.1 Å². The van der Waals surface area contributed by atoms with Gasteiger partial charge in [-0.15, -0.1) is 0 Å². The highest BCUT2D eigenvalue weighted by Crippen LogP contribution is 2.31. The Morgan fingerprint density at radius 3 is 2.84 bits per heavy atom. The SMILES string of the molecule is CC(Oc1ccc([N+](=O)[O-])c2ncccc12)C(=O)O. The quantitative estimate of drug-likeness (QED) is 0.667. The van der Waals surface area contributed by atoms with Crippen LogP contribution in [0.4, 0.5) is 5.69 Å². The minimum Gasteiger partial charge on any atom is -0.479 e. The van der Waals surface area contributed by atoms with E-state index < -0.39 is 17.0 Å². The Morgan fingerprint density at radius 1 is 1.47 bits per heavy atom. The summed E-state index contributed by atoms with van der Waals surface area (Å²) < 4.78 is 5.26. The monoisotopic (exact) mass is 262 g/mol. The summed E-state index contributed by atoms with van der Waals surface area (Å²) in [5.41, 5.74) is 0.0218. The second kappa shape index (κ2) is 4.89. The summed E-state index contributed by atoms with van der Waals surface area (Å²) in [6.07, 6.45) is 0.379. The molecular weight excluding hydrogens is 252 g/mol. The number of nitrogens with zero attached hydrogens (tertiary/aromatic N) is 2. The van der Waals surface area contributed by atoms with Crippen LogP contribution in [0.2, 0.25) is 0 Å². The minimum absolute atomic E-state index is 0.147. The van der Waals surface area contributed by atoms with E-state index in [0.29, 0.717) is 5.39 Å². The number of benzene rings is 1. The van der Waals surface area contributed by atoms with Crippen LogP contribution in [0.5, 0.6) is 5.75 Å². The van der Waals surface area contributed by atoms with Gasteiger partial charge in [0.05, 0.1) is 4.92 Å². The molecule has 1 aromatic carbocycles. The molecule has 0 radical (unpaired) electrons. The molecule has 1 heterocycles. The van der Waals surface area contributed by atoms with Crippen molar-refractivity contribution in [1.82, 2.24) is 4.98 Å². The number of non-ortho nitro benzene ring substituents is 1. The second-order valence-corrected chi connectivity index (χ2v) is 3.84. The molecule has 1 aromatic heterocycles. The van der Waals surface area contributed by atoms with E-state index in [9.17, 15) is 14.9 Å². The predicted molar refractivity (Wildman–Crippen MR) is 66.1 cm³/mol. The lowest BCUT2D eigenvalue weighted by Crippen LogP contribution is -2.23. The molecule has 7 nitrogen and oxygen atoms in total. The van der Waals surface area contributed by atoms with Crippen LogP contribution in [-0.4, -0.2) is 27.1 Å². The molecule has 1 unspecified atom stereocenters. The van der Waals surface area contributed by atoms with Crippen LogP contribution in [0.25, 0.3) is 10.9 Å². The summed E-state index contributed by atoms with van der Waals surface area (Å²) in [4.78, 5) is 25.1. The Morgan fingerprint density at radius 2 is 2.21 bits per heavy atom. The third kappa shape index (κ3) is 2.44. The number of hydrogen-bond donors (Lipinski definition) is 1. The van der Waals surface area contributed by atoms with Gasteiger partial charge in [-0.2, -0.15) is 0 Å². The highest BCUT2D eigenvalue weighted by Gasteiger charge is 2.19. The van der Waals surface area contributed by atoms with Crippen molar-refractivity contribution in [3.63, 3.8) is 0 Å². The van der Waals surface area contributed by atoms with Gasteiger partial charge in [-0.25, -0.2) is 9.78 Å². The highest BCUT2D eigenvalue weighted by atomic mass is 16.6. The number of carbonyl (C=O) groups is 1. The maximum absolute atomic E-state index is 10.9. The topological polar surface area (TPSA) is 103 Å². The molecule has 0 saturated heterocycles. The third-order valence-corrected chi connectivity index (χ3v) is 2.56. The summed E-state index contributed by atoms with van der Waals surface area (Å²) in [6.45, 7) is 1.38. The molecule has 0 fully saturated rings. The Hall–Kier alpha value is -2.70. The van der Waals surface area contributed by atoms with Gasteiger partial charge in [0, 0.05) is 17.6 Å². The van der Waals surface area contributed by atoms with Crippen molar-refractivity contribution >= 4 is 22.6 Å². The molecule has 19 heavy (non-hydrogen) atoms. The Balaban J connectivity index is 2.55. The van der Waals surface area contributed by atoms with Crippen molar-refractivity contribution in [2.24, 2.45) is 0 Å². The molecule has 2 aromatic rings. The van der Waals surface area contributed by atoms with Crippen molar-refractivity contribution in [1.29, 1.82) is 0 Å². The predicted octanol–water partition coefficient (Wildman–Crippen LogP) is 1.99. The summed E-state index contributed by atoms with van der Waals surface area (Å²) in [7, 11) is 0. The molecule has 98 valence electrons. The molecule has 1 N–H and O–H groups in total. The van der Waals surface area contributed by atoms with E-state index in [2.05, 4.69) is 4.98 Å². The third-order valence-electron chi connectivity index (χ3n) is 2.56. The summed E-state index contributed by atoms with van der Waals surface area (Å²) in [5, 5.41) is 20.1. The van der Waals surface area contributed by atoms with Gasteiger partial charge >= 0.3 is 5.97 Å². The summed E-state index contributed by atoms with van der Waals surface area (Å²) in [5.74, 6) is -0.862. The normalized spacial score (nSPS) is 12.1. The average Bonchev–Trinajstić information content (AvgIpc) is 2.38. The number of hydrogen-bond acceptors (Lipinski definition) is 5. The van der Waals surface area contributed by atoms with E-state index in [0.717, 1.165) is 0 Å². The zero-order valence-electron chi connectivity index (χ0n) is 9.94. The number of nitro groups is 1. The molecular formula is C12H10N2O5. The van der Waals surface area contributed by atoms with Crippen LogP contribution < -0.4 is 4.74 Å². The largest absolute Gasteiger partial charge is 0.479 e. The molecule has 0 aliphatic rings. The van der Waals surface area contributed by atoms with Gasteiger partial charge < -0.3 is 9.84 Å². The van der Waals surface area contributed by atoms with E-state index in [1.165, 1.54) is 25.3 Å². The number of aliphatic carboxylic acids is 1. The van der Waals surface area contributed by atoms with Gasteiger partial charge in [0.25, 0.3) is 5.69 Å². The van der Waals surface area contributed by atoms with Gasteiger partial charge in [0.15, 0.2) is 11.6 Å². The molecule has 0 amide bonds. The minimum atomic E-state index is -1.12. The fourth-order valence-electron chi connectivity index (χ4n) is 1.62. The number of rotatable bonds is 4. The van der Waals surface area contributed by atoms with Crippen LogP contribution in [0.3, 0.4) is 0 Å². The molecule has 0 aliphatic carbocycles. The van der Waals surface area contributed by atoms with Crippen LogP contribution >= 0.6 is 0 Å². The van der Waals surface area contributed by atoms with Crippen molar-refractivity contribution in [2.75, 3.05) is 0 Å². The molecule has 0 bridgehead atoms. The average molecular weight is 262 g/mol. The number of pyridine rings is 1. The van der Waals surface area contributed by atoms with Gasteiger partial charge in [-0.1, -0.05) is 0 Å². The Kier molecular flexibility index (Phi) is 3.28. The second-order valence-electron chi connectivity index (χ2n) is 3.84. The van der Waals surface area contributed by atoms with Crippen LogP contribution in [0.15, 0.2) is 30.5 Å². The van der Waals surface area contributed by atoms with Crippen LogP contribution in [0, 0.1) is 10.1 Å². The standard InChI is InChI=1S/C12H10N2O5/c1-7(12(15)16)19-10-5-4-9(14(17)18)11-8(10)3-2-6-13-11/h2-7H,1H3,(H,15,16). The number of nitro benzene ring substituents is 1. The molecule has 2 rings (SSSR count). The fourth-order valence-corrected chi connectivity index (χ4v) is 1.62. The van der Waals surface area contributed by atoms with Crippen molar-refractivity contribution in [3.8, 4) is 5.75 Å². The molecule has 1 atom stereocenters. The van der Waals surface area contributed by atoms with Crippen LogP contribution in [0.1, 0.15) is 6.92 Å². The van der Waals surface area contributed by atoms with E-state index in [1.54, 1.807) is 12.1 Å². The lowest BCUT2D eigenvalue weighted by atomic mass is 10.1. The molecule has 0 spiro atoms. The van der Waals surface area contributed by atoms with E-state index in [-0.39, 0.29) is 17.0 Å². The number of fused-ring (bicyclic) bond motifs is 1. The number of carboxylic acid groups (broad SMARTS) is 1. The first kappa shape index (κ1) is 12.7. The first-order valence-electron chi connectivity index (χ1n) is 5.42. The van der Waals surface area contributed by atoms with E-state index >= 15 is 0 Å². The van der Waals surface area contributed by atoms with Gasteiger partial charge in [0.1, 0.15) is 5.75 Å².